The fourth-order valence-electron chi connectivity index (χ4n) is 1.69. The summed E-state index contributed by atoms with van der Waals surface area (Å²) in [6, 6.07) is 11.7. The number of methoxy groups -OCH3 is 1. The normalized spacial score (nSPS) is 13.9. The van der Waals surface area contributed by atoms with E-state index in [-0.39, 0.29) is 18.7 Å². The third-order valence-corrected chi connectivity index (χ3v) is 2.52. The van der Waals surface area contributed by atoms with Crippen LogP contribution in [0.4, 0.5) is 0 Å². The molecule has 0 spiro atoms. The fraction of sp³-hybridized carbons (Fsp3) is 0.462. The van der Waals surface area contributed by atoms with Gasteiger partial charge in [-0.15, -0.1) is 0 Å². The highest BCUT2D eigenvalue weighted by Gasteiger charge is 2.15. The highest BCUT2D eigenvalue weighted by atomic mass is 16.5. The van der Waals surface area contributed by atoms with E-state index in [0.29, 0.717) is 13.0 Å². The van der Waals surface area contributed by atoms with Crippen molar-refractivity contribution >= 4 is 0 Å². The zero-order chi connectivity index (χ0) is 12.5. The Morgan fingerprint density at radius 2 is 2.12 bits per heavy atom. The second kappa shape index (κ2) is 7.80. The molecule has 0 fully saturated rings. The summed E-state index contributed by atoms with van der Waals surface area (Å²) in [5.41, 5.74) is 1.05. The Labute approximate surface area is 102 Å². The minimum atomic E-state index is -0.154. The monoisotopic (exact) mass is 234 g/mol. The molecule has 0 radical (unpaired) electrons. The van der Waals surface area contributed by atoms with Gasteiger partial charge in [0, 0.05) is 13.2 Å². The summed E-state index contributed by atoms with van der Waals surface area (Å²) in [6.07, 6.45) is 0.365. The van der Waals surface area contributed by atoms with Gasteiger partial charge < -0.3 is 15.2 Å². The van der Waals surface area contributed by atoms with Crippen LogP contribution in [0.1, 0.15) is 18.0 Å². The smallest absolute Gasteiger partial charge is 0.0641 e. The molecule has 4 heteroatoms. The van der Waals surface area contributed by atoms with Gasteiger partial charge in [0.05, 0.1) is 31.7 Å². The first-order valence-corrected chi connectivity index (χ1v) is 5.59. The fourth-order valence-corrected chi connectivity index (χ4v) is 1.69. The molecular weight excluding hydrogens is 216 g/mol. The van der Waals surface area contributed by atoms with E-state index in [4.69, 9.17) is 10.00 Å². The molecule has 0 saturated heterocycles. The Kier molecular flexibility index (Phi) is 6.26. The molecule has 0 bridgehead atoms. The van der Waals surface area contributed by atoms with Gasteiger partial charge in [-0.1, -0.05) is 30.3 Å². The number of nitrogens with one attached hydrogen (secondary N) is 1. The predicted molar refractivity (Wildman–Crippen MR) is 65.3 cm³/mol. The van der Waals surface area contributed by atoms with Crippen LogP contribution in [0, 0.1) is 11.3 Å². The summed E-state index contributed by atoms with van der Waals surface area (Å²) in [4.78, 5) is 0. The van der Waals surface area contributed by atoms with E-state index in [9.17, 15) is 5.11 Å². The number of benzene rings is 1. The van der Waals surface area contributed by atoms with Gasteiger partial charge in [0.2, 0.25) is 0 Å². The zero-order valence-corrected chi connectivity index (χ0v) is 9.97. The van der Waals surface area contributed by atoms with Crippen molar-refractivity contribution in [3.63, 3.8) is 0 Å². The van der Waals surface area contributed by atoms with Gasteiger partial charge in [-0.2, -0.15) is 5.26 Å². The highest BCUT2D eigenvalue weighted by molar-refractivity contribution is 5.20. The summed E-state index contributed by atoms with van der Waals surface area (Å²) in [5.74, 6) is 0. The van der Waals surface area contributed by atoms with Crippen LogP contribution in [0.15, 0.2) is 30.3 Å². The van der Waals surface area contributed by atoms with Crippen molar-refractivity contribution in [3.8, 4) is 6.07 Å². The van der Waals surface area contributed by atoms with Crippen LogP contribution in [0.2, 0.25) is 0 Å². The van der Waals surface area contributed by atoms with E-state index in [2.05, 4.69) is 11.4 Å². The second-order valence-corrected chi connectivity index (χ2v) is 3.83. The summed E-state index contributed by atoms with van der Waals surface area (Å²) >= 11 is 0. The van der Waals surface area contributed by atoms with Gasteiger partial charge in [0.1, 0.15) is 0 Å². The van der Waals surface area contributed by atoms with Crippen LogP contribution in [0.5, 0.6) is 0 Å². The Morgan fingerprint density at radius 3 is 2.65 bits per heavy atom. The molecule has 92 valence electrons. The number of aliphatic hydroxyl groups excluding tert-OH is 1. The van der Waals surface area contributed by atoms with Crippen molar-refractivity contribution in [2.75, 3.05) is 20.3 Å². The number of hydrogen-bond donors (Lipinski definition) is 2. The molecular formula is C13H18N2O2. The Hall–Kier alpha value is -1.41. The quantitative estimate of drug-likeness (QED) is 0.745. The lowest BCUT2D eigenvalue weighted by atomic mass is 10.0. The Balaban J connectivity index is 2.69. The maximum absolute atomic E-state index is 9.20. The number of rotatable bonds is 7. The number of nitrogens with zero attached hydrogens (tertiary/aromatic N) is 1. The lowest BCUT2D eigenvalue weighted by Crippen LogP contribution is -2.39. The number of aliphatic hydroxyl groups is 1. The van der Waals surface area contributed by atoms with E-state index in [1.54, 1.807) is 7.11 Å². The van der Waals surface area contributed by atoms with Gasteiger partial charge in [0.25, 0.3) is 0 Å². The molecule has 2 N–H and O–H groups in total. The maximum atomic E-state index is 9.20. The first kappa shape index (κ1) is 13.7. The standard InChI is InChI=1S/C13H18N2O2/c1-17-10-12(9-16)15-13(7-8-14)11-5-3-2-4-6-11/h2-6,12-13,15-16H,7,9-10H2,1H3. The van der Waals surface area contributed by atoms with Crippen LogP contribution in [0.3, 0.4) is 0 Å². The van der Waals surface area contributed by atoms with Crippen LogP contribution in [-0.2, 0) is 4.74 Å². The molecule has 0 aromatic heterocycles. The molecule has 0 heterocycles. The highest BCUT2D eigenvalue weighted by Crippen LogP contribution is 2.16. The van der Waals surface area contributed by atoms with Gasteiger partial charge in [-0.05, 0) is 5.56 Å². The van der Waals surface area contributed by atoms with Crippen molar-refractivity contribution in [1.29, 1.82) is 5.26 Å². The van der Waals surface area contributed by atoms with Crippen molar-refractivity contribution < 1.29 is 9.84 Å². The first-order chi connectivity index (χ1) is 8.31. The molecule has 0 aliphatic rings. The molecule has 0 amide bonds. The van der Waals surface area contributed by atoms with Crippen molar-refractivity contribution in [2.45, 2.75) is 18.5 Å². The lowest BCUT2D eigenvalue weighted by Gasteiger charge is -2.22. The topological polar surface area (TPSA) is 65.3 Å². The molecule has 2 atom stereocenters. The van der Waals surface area contributed by atoms with E-state index in [0.717, 1.165) is 5.56 Å². The average molecular weight is 234 g/mol. The molecule has 0 saturated carbocycles. The largest absolute Gasteiger partial charge is 0.395 e. The summed E-state index contributed by atoms with van der Waals surface area (Å²) < 4.78 is 5.00. The summed E-state index contributed by atoms with van der Waals surface area (Å²) in [5, 5.41) is 21.2. The Bertz CT molecular complexity index is 348. The van der Waals surface area contributed by atoms with Gasteiger partial charge >= 0.3 is 0 Å². The minimum Gasteiger partial charge on any atom is -0.395 e. The van der Waals surface area contributed by atoms with E-state index in [1.807, 2.05) is 30.3 Å². The van der Waals surface area contributed by atoms with Gasteiger partial charge in [-0.25, -0.2) is 0 Å². The summed E-state index contributed by atoms with van der Waals surface area (Å²) in [7, 11) is 1.59. The second-order valence-electron chi connectivity index (χ2n) is 3.83. The predicted octanol–water partition coefficient (Wildman–Crippen LogP) is 1.24. The van der Waals surface area contributed by atoms with Crippen LogP contribution in [0.25, 0.3) is 0 Å². The average Bonchev–Trinajstić information content (AvgIpc) is 2.38. The van der Waals surface area contributed by atoms with Gasteiger partial charge in [-0.3, -0.25) is 0 Å². The van der Waals surface area contributed by atoms with Crippen LogP contribution in [-0.4, -0.2) is 31.5 Å². The van der Waals surface area contributed by atoms with Crippen molar-refractivity contribution in [3.05, 3.63) is 35.9 Å². The molecule has 0 aliphatic carbocycles. The summed E-state index contributed by atoms with van der Waals surface area (Å²) in [6.45, 7) is 0.411. The maximum Gasteiger partial charge on any atom is 0.0641 e. The molecule has 17 heavy (non-hydrogen) atoms. The molecule has 4 nitrogen and oxygen atoms in total. The number of hydrogen-bond acceptors (Lipinski definition) is 4. The molecule has 1 aromatic rings. The lowest BCUT2D eigenvalue weighted by molar-refractivity contribution is 0.122. The minimum absolute atomic E-state index is 0.0113. The molecule has 0 aliphatic heterocycles. The third-order valence-electron chi connectivity index (χ3n) is 2.52. The first-order valence-electron chi connectivity index (χ1n) is 5.59. The van der Waals surface area contributed by atoms with Crippen molar-refractivity contribution in [2.24, 2.45) is 0 Å². The number of nitriles is 1. The molecule has 2 unspecified atom stereocenters. The number of ether oxygens (including phenoxy) is 1. The Morgan fingerprint density at radius 1 is 1.41 bits per heavy atom. The van der Waals surface area contributed by atoms with E-state index >= 15 is 0 Å². The van der Waals surface area contributed by atoms with Crippen LogP contribution < -0.4 is 5.32 Å². The van der Waals surface area contributed by atoms with Crippen molar-refractivity contribution in [1.82, 2.24) is 5.32 Å². The SMILES string of the molecule is COCC(CO)NC(CC#N)c1ccccc1. The van der Waals surface area contributed by atoms with Crippen LogP contribution >= 0.6 is 0 Å². The third kappa shape index (κ3) is 4.53. The van der Waals surface area contributed by atoms with E-state index in [1.165, 1.54) is 0 Å². The molecule has 1 aromatic carbocycles. The van der Waals surface area contributed by atoms with E-state index < -0.39 is 0 Å². The zero-order valence-electron chi connectivity index (χ0n) is 9.97. The molecule has 1 rings (SSSR count). The van der Waals surface area contributed by atoms with Gasteiger partial charge in [0.15, 0.2) is 0 Å².